The molecule has 0 spiro atoms. The van der Waals surface area contributed by atoms with Gasteiger partial charge in [0.25, 0.3) is 0 Å². The zero-order valence-electron chi connectivity index (χ0n) is 24.8. The van der Waals surface area contributed by atoms with Gasteiger partial charge in [0.05, 0.1) is 24.1 Å². The minimum Gasteiger partial charge on any atom is -0.493 e. The summed E-state index contributed by atoms with van der Waals surface area (Å²) in [5.41, 5.74) is 6.81. The maximum absolute atomic E-state index is 12.6. The van der Waals surface area contributed by atoms with Gasteiger partial charge in [0.15, 0.2) is 0 Å². The number of rotatable bonds is 14. The van der Waals surface area contributed by atoms with Crippen LogP contribution in [-0.4, -0.2) is 28.6 Å². The van der Waals surface area contributed by atoms with Crippen LogP contribution >= 0.6 is 0 Å². The highest BCUT2D eigenvalue weighted by atomic mass is 16.5. The third-order valence-electron chi connectivity index (χ3n) is 7.63. The first-order valence-corrected chi connectivity index (χ1v) is 15.2. The summed E-state index contributed by atoms with van der Waals surface area (Å²) in [5.74, 6) is 2.56. The number of carbonyl (C=O) groups excluding carboxylic acids is 1. The molecule has 0 saturated heterocycles. The van der Waals surface area contributed by atoms with Crippen molar-refractivity contribution in [1.29, 1.82) is 0 Å². The number of nitrogens with one attached hydrogen (secondary N) is 1. The molecule has 0 fully saturated rings. The van der Waals surface area contributed by atoms with Crippen molar-refractivity contribution in [2.45, 2.75) is 58.4 Å². The van der Waals surface area contributed by atoms with Gasteiger partial charge in [-0.05, 0) is 65.6 Å². The number of unbranched alkanes of at least 4 members (excludes halogenated alkanes) is 1. The van der Waals surface area contributed by atoms with Gasteiger partial charge in [-0.3, -0.25) is 4.79 Å². The van der Waals surface area contributed by atoms with Crippen LogP contribution in [-0.2, 0) is 24.2 Å². The fourth-order valence-corrected chi connectivity index (χ4v) is 5.38. The number of para-hydroxylation sites is 3. The normalized spacial score (nSPS) is 11.2. The molecule has 0 radical (unpaired) electrons. The number of fused-ring (bicyclic) bond motifs is 1. The predicted molar refractivity (Wildman–Crippen MR) is 172 cm³/mol. The molecular weight excluding hydrogens is 518 g/mol. The summed E-state index contributed by atoms with van der Waals surface area (Å²) in [7, 11) is 0. The minimum atomic E-state index is 0.0509. The van der Waals surface area contributed by atoms with Crippen LogP contribution in [0.2, 0.25) is 0 Å². The van der Waals surface area contributed by atoms with Gasteiger partial charge < -0.3 is 14.6 Å². The highest BCUT2D eigenvalue weighted by Gasteiger charge is 2.11. The van der Waals surface area contributed by atoms with Crippen molar-refractivity contribution >= 4 is 16.9 Å². The molecule has 0 saturated carbocycles. The Morgan fingerprint density at radius 2 is 1.52 bits per heavy atom. The van der Waals surface area contributed by atoms with Gasteiger partial charge in [-0.1, -0.05) is 98.8 Å². The second-order valence-corrected chi connectivity index (χ2v) is 11.1. The smallest absolute Gasteiger partial charge is 0.224 e. The van der Waals surface area contributed by atoms with Gasteiger partial charge in [-0.25, -0.2) is 4.98 Å². The number of amides is 1. The SMILES string of the molecule is CC(C)c1ccccc1OCCCCn1c(CCCNC(=O)Cc2ccc(-c3ccccc3)cc2)nc2ccccc21. The van der Waals surface area contributed by atoms with E-state index in [1.807, 2.05) is 42.5 Å². The molecule has 216 valence electrons. The summed E-state index contributed by atoms with van der Waals surface area (Å²) in [6.45, 7) is 6.63. The first-order valence-electron chi connectivity index (χ1n) is 15.2. The maximum Gasteiger partial charge on any atom is 0.224 e. The van der Waals surface area contributed by atoms with Crippen LogP contribution in [0.5, 0.6) is 5.75 Å². The molecule has 5 heteroatoms. The van der Waals surface area contributed by atoms with Crippen molar-refractivity contribution in [2.75, 3.05) is 13.2 Å². The monoisotopic (exact) mass is 559 g/mol. The third-order valence-corrected chi connectivity index (χ3v) is 7.63. The second-order valence-electron chi connectivity index (χ2n) is 11.1. The molecule has 0 bridgehead atoms. The third kappa shape index (κ3) is 7.67. The Labute approximate surface area is 249 Å². The number of hydrogen-bond donors (Lipinski definition) is 1. The summed E-state index contributed by atoms with van der Waals surface area (Å²) in [4.78, 5) is 17.5. The van der Waals surface area contributed by atoms with Crippen LogP contribution in [0.3, 0.4) is 0 Å². The molecule has 5 aromatic rings. The number of benzene rings is 4. The Hall–Kier alpha value is -4.38. The molecule has 0 atom stereocenters. The quantitative estimate of drug-likeness (QED) is 0.140. The molecule has 1 aromatic heterocycles. The summed E-state index contributed by atoms with van der Waals surface area (Å²) < 4.78 is 8.48. The Kier molecular flexibility index (Phi) is 10.1. The van der Waals surface area contributed by atoms with Crippen molar-refractivity contribution in [1.82, 2.24) is 14.9 Å². The van der Waals surface area contributed by atoms with Crippen LogP contribution in [0.25, 0.3) is 22.2 Å². The molecule has 1 heterocycles. The van der Waals surface area contributed by atoms with E-state index in [9.17, 15) is 4.79 Å². The van der Waals surface area contributed by atoms with Crippen LogP contribution in [0.15, 0.2) is 103 Å². The van der Waals surface area contributed by atoms with Gasteiger partial charge in [-0.15, -0.1) is 0 Å². The first-order chi connectivity index (χ1) is 20.6. The number of hydrogen-bond acceptors (Lipinski definition) is 3. The summed E-state index contributed by atoms with van der Waals surface area (Å²) in [5, 5.41) is 3.10. The molecule has 1 N–H and O–H groups in total. The second kappa shape index (κ2) is 14.5. The Morgan fingerprint density at radius 3 is 2.33 bits per heavy atom. The number of nitrogens with zero attached hydrogens (tertiary/aromatic N) is 2. The Bertz CT molecular complexity index is 1570. The number of aromatic nitrogens is 2. The van der Waals surface area contributed by atoms with Crippen molar-refractivity contribution < 1.29 is 9.53 Å². The Balaban J connectivity index is 1.09. The van der Waals surface area contributed by atoms with Crippen molar-refractivity contribution in [3.05, 3.63) is 120 Å². The number of ether oxygens (including phenoxy) is 1. The summed E-state index contributed by atoms with van der Waals surface area (Å²) in [6.07, 6.45) is 4.03. The van der Waals surface area contributed by atoms with Gasteiger partial charge in [0.1, 0.15) is 11.6 Å². The molecule has 5 rings (SSSR count). The Morgan fingerprint density at radius 1 is 0.810 bits per heavy atom. The zero-order chi connectivity index (χ0) is 29.1. The van der Waals surface area contributed by atoms with E-state index in [1.165, 1.54) is 16.6 Å². The lowest BCUT2D eigenvalue weighted by atomic mass is 10.0. The van der Waals surface area contributed by atoms with Crippen LogP contribution in [0.1, 0.15) is 56.0 Å². The largest absolute Gasteiger partial charge is 0.493 e. The van der Waals surface area contributed by atoms with Crippen molar-refractivity contribution in [3.8, 4) is 16.9 Å². The van der Waals surface area contributed by atoms with E-state index in [2.05, 4.69) is 84.4 Å². The van der Waals surface area contributed by atoms with Gasteiger partial charge in [-0.2, -0.15) is 0 Å². The molecule has 0 unspecified atom stereocenters. The van der Waals surface area contributed by atoms with Gasteiger partial charge in [0, 0.05) is 19.5 Å². The van der Waals surface area contributed by atoms with E-state index in [4.69, 9.17) is 9.72 Å². The highest BCUT2D eigenvalue weighted by molar-refractivity contribution is 5.79. The highest BCUT2D eigenvalue weighted by Crippen LogP contribution is 2.26. The van der Waals surface area contributed by atoms with Crippen molar-refractivity contribution in [3.63, 3.8) is 0 Å². The number of imidazole rings is 1. The molecule has 5 nitrogen and oxygen atoms in total. The zero-order valence-corrected chi connectivity index (χ0v) is 24.8. The molecule has 4 aromatic carbocycles. The van der Waals surface area contributed by atoms with Gasteiger partial charge in [0.2, 0.25) is 5.91 Å². The average Bonchev–Trinajstić information content (AvgIpc) is 3.37. The fraction of sp³-hybridized carbons (Fsp3) is 0.297. The standard InChI is InChI=1S/C37H41N3O2/c1-28(2)32-15-6-9-18-35(32)42-26-11-10-25-40-34-17-8-7-16-33(34)39-36(40)19-12-24-38-37(41)27-29-20-22-31(23-21-29)30-13-4-3-5-14-30/h3-9,13-18,20-23,28H,10-12,19,24-27H2,1-2H3,(H,38,41). The van der Waals surface area contributed by atoms with Crippen LogP contribution in [0, 0.1) is 0 Å². The number of aryl methyl sites for hydroxylation is 2. The topological polar surface area (TPSA) is 56.1 Å². The lowest BCUT2D eigenvalue weighted by molar-refractivity contribution is -0.120. The van der Waals surface area contributed by atoms with E-state index in [0.717, 1.165) is 60.4 Å². The number of carbonyl (C=O) groups is 1. The van der Waals surface area contributed by atoms with E-state index in [0.29, 0.717) is 25.5 Å². The lowest BCUT2D eigenvalue weighted by Gasteiger charge is -2.14. The summed E-state index contributed by atoms with van der Waals surface area (Å²) >= 11 is 0. The van der Waals surface area contributed by atoms with Crippen LogP contribution < -0.4 is 10.1 Å². The lowest BCUT2D eigenvalue weighted by Crippen LogP contribution is -2.26. The van der Waals surface area contributed by atoms with Crippen LogP contribution in [0.4, 0.5) is 0 Å². The molecule has 0 aliphatic heterocycles. The van der Waals surface area contributed by atoms with Crippen molar-refractivity contribution in [2.24, 2.45) is 0 Å². The molecule has 1 amide bonds. The molecule has 0 aliphatic rings. The molecule has 0 aliphatic carbocycles. The van der Waals surface area contributed by atoms with E-state index < -0.39 is 0 Å². The first kappa shape index (κ1) is 29.1. The predicted octanol–water partition coefficient (Wildman–Crippen LogP) is 7.98. The fourth-order valence-electron chi connectivity index (χ4n) is 5.38. The van der Waals surface area contributed by atoms with E-state index >= 15 is 0 Å². The average molecular weight is 560 g/mol. The van der Waals surface area contributed by atoms with E-state index in [1.54, 1.807) is 0 Å². The van der Waals surface area contributed by atoms with Gasteiger partial charge >= 0.3 is 0 Å². The molecular formula is C37H41N3O2. The maximum atomic E-state index is 12.6. The summed E-state index contributed by atoms with van der Waals surface area (Å²) in [6, 6.07) is 35.2. The molecule has 42 heavy (non-hydrogen) atoms. The minimum absolute atomic E-state index is 0.0509. The van der Waals surface area contributed by atoms with E-state index in [-0.39, 0.29) is 5.91 Å².